The average Bonchev–Trinajstić information content (AvgIpc) is 2.44. The van der Waals surface area contributed by atoms with Crippen molar-refractivity contribution in [2.75, 3.05) is 31.8 Å². The molecular formula is C14H19NO4S. The van der Waals surface area contributed by atoms with E-state index >= 15 is 0 Å². The van der Waals surface area contributed by atoms with E-state index < -0.39 is 5.97 Å². The molecule has 2 N–H and O–H groups in total. The van der Waals surface area contributed by atoms with Crippen molar-refractivity contribution in [1.29, 1.82) is 0 Å². The van der Waals surface area contributed by atoms with Gasteiger partial charge in [0.05, 0.1) is 17.9 Å². The van der Waals surface area contributed by atoms with Gasteiger partial charge in [0, 0.05) is 19.4 Å². The Morgan fingerprint density at radius 1 is 1.35 bits per heavy atom. The number of benzene rings is 1. The number of thioether (sulfide) groups is 1. The molecule has 110 valence electrons. The Hall–Kier alpha value is -1.53. The van der Waals surface area contributed by atoms with Crippen molar-refractivity contribution in [3.63, 3.8) is 0 Å². The van der Waals surface area contributed by atoms with Gasteiger partial charge in [-0.3, -0.25) is 4.79 Å². The van der Waals surface area contributed by atoms with E-state index in [0.717, 1.165) is 11.3 Å². The smallest absolute Gasteiger partial charge is 0.335 e. The average molecular weight is 297 g/mol. The van der Waals surface area contributed by atoms with Crippen LogP contribution >= 0.6 is 11.8 Å². The number of carbonyl (C=O) groups excluding carboxylic acids is 1. The molecule has 0 saturated carbocycles. The van der Waals surface area contributed by atoms with Gasteiger partial charge in [0.2, 0.25) is 5.91 Å². The number of nitrogens with one attached hydrogen (secondary N) is 1. The summed E-state index contributed by atoms with van der Waals surface area (Å²) in [5.74, 6) is 0.191. The van der Waals surface area contributed by atoms with Crippen molar-refractivity contribution in [3.8, 4) is 0 Å². The number of hydrogen-bond donors (Lipinski definition) is 2. The highest BCUT2D eigenvalue weighted by molar-refractivity contribution is 7.99. The van der Waals surface area contributed by atoms with Crippen molar-refractivity contribution in [1.82, 2.24) is 5.32 Å². The molecule has 0 bridgehead atoms. The maximum atomic E-state index is 11.5. The number of carbonyl (C=O) groups is 2. The third-order valence-electron chi connectivity index (χ3n) is 2.63. The number of carboxylic acids is 1. The molecule has 0 aliphatic rings. The lowest BCUT2D eigenvalue weighted by atomic mass is 10.0. The van der Waals surface area contributed by atoms with Crippen molar-refractivity contribution in [2.45, 2.75) is 6.42 Å². The van der Waals surface area contributed by atoms with Gasteiger partial charge in [-0.2, -0.15) is 0 Å². The lowest BCUT2D eigenvalue weighted by molar-refractivity contribution is -0.118. The van der Waals surface area contributed by atoms with Crippen LogP contribution < -0.4 is 5.32 Å². The summed E-state index contributed by atoms with van der Waals surface area (Å²) in [6.45, 7) is 1.07. The first-order valence-corrected chi connectivity index (χ1v) is 7.45. The van der Waals surface area contributed by atoms with Crippen LogP contribution in [-0.2, 0) is 16.0 Å². The molecule has 0 aliphatic heterocycles. The number of amides is 1. The molecular weight excluding hydrogens is 278 g/mol. The predicted molar refractivity (Wildman–Crippen MR) is 79.3 cm³/mol. The van der Waals surface area contributed by atoms with Crippen molar-refractivity contribution in [3.05, 3.63) is 35.4 Å². The Bertz CT molecular complexity index is 451. The predicted octanol–water partition coefficient (Wildman–Crippen LogP) is 1.42. The van der Waals surface area contributed by atoms with Crippen molar-refractivity contribution in [2.24, 2.45) is 0 Å². The first-order valence-electron chi connectivity index (χ1n) is 6.29. The molecule has 1 aromatic rings. The maximum absolute atomic E-state index is 11.5. The van der Waals surface area contributed by atoms with Gasteiger partial charge in [-0.15, -0.1) is 11.8 Å². The molecule has 0 saturated heterocycles. The number of hydrogen-bond acceptors (Lipinski definition) is 4. The highest BCUT2D eigenvalue weighted by atomic mass is 32.2. The summed E-state index contributed by atoms with van der Waals surface area (Å²) < 4.78 is 4.89. The van der Waals surface area contributed by atoms with Crippen molar-refractivity contribution < 1.29 is 19.4 Å². The molecule has 0 fully saturated rings. The Morgan fingerprint density at radius 2 is 2.10 bits per heavy atom. The van der Waals surface area contributed by atoms with E-state index in [4.69, 9.17) is 9.84 Å². The van der Waals surface area contributed by atoms with Gasteiger partial charge >= 0.3 is 5.97 Å². The summed E-state index contributed by atoms with van der Waals surface area (Å²) in [5, 5.41) is 11.8. The van der Waals surface area contributed by atoms with Crippen LogP contribution in [-0.4, -0.2) is 48.8 Å². The summed E-state index contributed by atoms with van der Waals surface area (Å²) >= 11 is 1.51. The van der Waals surface area contributed by atoms with Gasteiger partial charge in [0.1, 0.15) is 0 Å². The molecule has 0 aromatic heterocycles. The highest BCUT2D eigenvalue weighted by Gasteiger charge is 2.09. The normalized spacial score (nSPS) is 10.2. The van der Waals surface area contributed by atoms with E-state index in [-0.39, 0.29) is 11.5 Å². The Morgan fingerprint density at radius 3 is 2.80 bits per heavy atom. The quantitative estimate of drug-likeness (QED) is 0.674. The molecule has 0 heterocycles. The van der Waals surface area contributed by atoms with Gasteiger partial charge in [0.15, 0.2) is 0 Å². The topological polar surface area (TPSA) is 75.6 Å². The zero-order valence-corrected chi connectivity index (χ0v) is 12.2. The minimum atomic E-state index is -0.943. The SMILES string of the molecule is COCCSCC(=O)NCCc1ccccc1C(=O)O. The summed E-state index contributed by atoms with van der Waals surface area (Å²) in [4.78, 5) is 22.5. The fourth-order valence-corrected chi connectivity index (χ4v) is 2.36. The monoisotopic (exact) mass is 297 g/mol. The number of rotatable bonds is 9. The lowest BCUT2D eigenvalue weighted by Crippen LogP contribution is -2.27. The van der Waals surface area contributed by atoms with Gasteiger partial charge in [0.25, 0.3) is 0 Å². The van der Waals surface area contributed by atoms with E-state index in [9.17, 15) is 9.59 Å². The van der Waals surface area contributed by atoms with Crippen LogP contribution in [0.2, 0.25) is 0 Å². The molecule has 0 spiro atoms. The first kappa shape index (κ1) is 16.5. The van der Waals surface area contributed by atoms with Crippen LogP contribution in [0, 0.1) is 0 Å². The second kappa shape index (κ2) is 9.39. The van der Waals surface area contributed by atoms with Crippen LogP contribution in [0.5, 0.6) is 0 Å². The second-order valence-corrected chi connectivity index (χ2v) is 5.21. The van der Waals surface area contributed by atoms with Crippen LogP contribution in [0.25, 0.3) is 0 Å². The number of aromatic carboxylic acids is 1. The molecule has 0 atom stereocenters. The first-order chi connectivity index (χ1) is 9.65. The summed E-state index contributed by atoms with van der Waals surface area (Å²) in [7, 11) is 1.63. The van der Waals surface area contributed by atoms with Crippen LogP contribution in [0.3, 0.4) is 0 Å². The molecule has 1 aromatic carbocycles. The molecule has 0 unspecified atom stereocenters. The van der Waals surface area contributed by atoms with Crippen LogP contribution in [0.1, 0.15) is 15.9 Å². The largest absolute Gasteiger partial charge is 0.478 e. The number of carboxylic acid groups (broad SMARTS) is 1. The van der Waals surface area contributed by atoms with E-state index in [2.05, 4.69) is 5.32 Å². The third kappa shape index (κ3) is 6.08. The molecule has 1 rings (SSSR count). The zero-order chi connectivity index (χ0) is 14.8. The molecule has 6 heteroatoms. The van der Waals surface area contributed by atoms with Gasteiger partial charge < -0.3 is 15.2 Å². The van der Waals surface area contributed by atoms with Crippen LogP contribution in [0.4, 0.5) is 0 Å². The van der Waals surface area contributed by atoms with E-state index in [1.54, 1.807) is 31.4 Å². The van der Waals surface area contributed by atoms with Gasteiger partial charge in [-0.05, 0) is 18.1 Å². The summed E-state index contributed by atoms with van der Waals surface area (Å²) in [6.07, 6.45) is 0.511. The fraction of sp³-hybridized carbons (Fsp3) is 0.429. The molecule has 0 aliphatic carbocycles. The minimum Gasteiger partial charge on any atom is -0.478 e. The number of ether oxygens (including phenoxy) is 1. The van der Waals surface area contributed by atoms with Gasteiger partial charge in [-0.1, -0.05) is 18.2 Å². The third-order valence-corrected chi connectivity index (χ3v) is 3.55. The second-order valence-electron chi connectivity index (χ2n) is 4.11. The minimum absolute atomic E-state index is 0.0427. The van der Waals surface area contributed by atoms with Gasteiger partial charge in [-0.25, -0.2) is 4.79 Å². The summed E-state index contributed by atoms with van der Waals surface area (Å²) in [5.41, 5.74) is 1.02. The Balaban J connectivity index is 2.30. The molecule has 20 heavy (non-hydrogen) atoms. The fourth-order valence-electron chi connectivity index (χ4n) is 1.64. The molecule has 1 amide bonds. The van der Waals surface area contributed by atoms with E-state index in [1.807, 2.05) is 0 Å². The van der Waals surface area contributed by atoms with E-state index in [0.29, 0.717) is 25.3 Å². The summed E-state index contributed by atoms with van der Waals surface area (Å²) in [6, 6.07) is 6.82. The van der Waals surface area contributed by atoms with Crippen LogP contribution in [0.15, 0.2) is 24.3 Å². The zero-order valence-electron chi connectivity index (χ0n) is 11.4. The standard InChI is InChI=1S/C14H19NO4S/c1-19-8-9-20-10-13(16)15-7-6-11-4-2-3-5-12(11)14(17)18/h2-5H,6-10H2,1H3,(H,15,16)(H,17,18). The van der Waals surface area contributed by atoms with Crippen molar-refractivity contribution >= 4 is 23.6 Å². The lowest BCUT2D eigenvalue weighted by Gasteiger charge is -2.07. The highest BCUT2D eigenvalue weighted by Crippen LogP contribution is 2.09. The Kier molecular flexibility index (Phi) is 7.75. The van der Waals surface area contributed by atoms with E-state index in [1.165, 1.54) is 11.8 Å². The molecule has 5 nitrogen and oxygen atoms in total. The maximum Gasteiger partial charge on any atom is 0.335 e. The Labute approximate surface area is 122 Å². The molecule has 0 radical (unpaired) electrons. The number of methoxy groups -OCH3 is 1.